The number of carbonyl (C=O) groups is 2. The minimum atomic E-state index is -0.808. The smallest absolute Gasteiger partial charge is 0.277 e. The van der Waals surface area contributed by atoms with Crippen molar-refractivity contribution < 1.29 is 19.4 Å². The zero-order valence-electron chi connectivity index (χ0n) is 17.6. The van der Waals surface area contributed by atoms with Crippen LogP contribution >= 0.6 is 0 Å². The lowest BCUT2D eigenvalue weighted by Crippen LogP contribution is -2.31. The summed E-state index contributed by atoms with van der Waals surface area (Å²) < 4.78 is 0. The van der Waals surface area contributed by atoms with E-state index in [1.54, 1.807) is 24.3 Å². The summed E-state index contributed by atoms with van der Waals surface area (Å²) in [6, 6.07) is 18.7. The van der Waals surface area contributed by atoms with Gasteiger partial charge in [0.1, 0.15) is 0 Å². The van der Waals surface area contributed by atoms with Gasteiger partial charge >= 0.3 is 0 Å². The zero-order valence-corrected chi connectivity index (χ0v) is 17.6. The van der Waals surface area contributed by atoms with Gasteiger partial charge in [-0.3, -0.25) is 29.8 Å². The second-order valence-corrected chi connectivity index (χ2v) is 7.13. The molecule has 3 aromatic carbocycles. The van der Waals surface area contributed by atoms with Crippen molar-refractivity contribution in [3.05, 3.63) is 110 Å². The molecule has 33 heavy (non-hydrogen) atoms. The number of non-ortho nitro benzene ring substituents is 2. The molecule has 0 bridgehead atoms. The highest BCUT2D eigenvalue weighted by Gasteiger charge is 2.24. The lowest BCUT2D eigenvalue weighted by Gasteiger charge is -2.20. The van der Waals surface area contributed by atoms with Crippen LogP contribution in [0.3, 0.4) is 0 Å². The molecule has 3 rings (SSSR count). The maximum absolute atomic E-state index is 13.0. The fourth-order valence-electron chi connectivity index (χ4n) is 3.25. The van der Waals surface area contributed by atoms with E-state index in [1.165, 1.54) is 7.05 Å². The van der Waals surface area contributed by atoms with Gasteiger partial charge < -0.3 is 10.2 Å². The Kier molecular flexibility index (Phi) is 7.09. The summed E-state index contributed by atoms with van der Waals surface area (Å²) in [6.45, 7) is 0.381. The molecule has 0 aromatic heterocycles. The number of benzene rings is 3. The molecule has 0 heterocycles. The molecule has 10 heteroatoms. The van der Waals surface area contributed by atoms with Gasteiger partial charge in [0.15, 0.2) is 0 Å². The number of anilines is 1. The molecular formula is C23H20N4O6. The van der Waals surface area contributed by atoms with Crippen molar-refractivity contribution in [2.24, 2.45) is 0 Å². The van der Waals surface area contributed by atoms with Crippen molar-refractivity contribution in [3.8, 4) is 0 Å². The van der Waals surface area contributed by atoms with Crippen LogP contribution in [0, 0.1) is 20.2 Å². The summed E-state index contributed by atoms with van der Waals surface area (Å²) >= 11 is 0. The van der Waals surface area contributed by atoms with Gasteiger partial charge in [-0.05, 0) is 24.1 Å². The summed E-state index contributed by atoms with van der Waals surface area (Å²) in [5.41, 5.74) is 0.152. The fourth-order valence-corrected chi connectivity index (χ4v) is 3.25. The Morgan fingerprint density at radius 3 is 2.06 bits per heavy atom. The molecule has 0 saturated heterocycles. The fraction of sp³-hybridized carbons (Fsp3) is 0.130. The van der Waals surface area contributed by atoms with E-state index in [2.05, 4.69) is 5.32 Å². The van der Waals surface area contributed by atoms with Crippen LogP contribution in [0.25, 0.3) is 0 Å². The van der Waals surface area contributed by atoms with E-state index in [-0.39, 0.29) is 16.8 Å². The van der Waals surface area contributed by atoms with Crippen molar-refractivity contribution in [1.82, 2.24) is 5.32 Å². The number of para-hydroxylation sites is 1. The molecule has 0 fully saturated rings. The van der Waals surface area contributed by atoms with E-state index in [0.29, 0.717) is 13.0 Å². The van der Waals surface area contributed by atoms with E-state index < -0.39 is 33.0 Å². The highest BCUT2D eigenvalue weighted by Crippen LogP contribution is 2.26. The summed E-state index contributed by atoms with van der Waals surface area (Å²) in [6.07, 6.45) is 0.626. The molecule has 2 amide bonds. The second kappa shape index (κ2) is 10.1. The molecule has 10 nitrogen and oxygen atoms in total. The molecule has 3 aromatic rings. The molecule has 0 radical (unpaired) electrons. The molecule has 0 saturated carbocycles. The Balaban J connectivity index is 1.82. The first kappa shape index (κ1) is 23.1. The van der Waals surface area contributed by atoms with E-state index in [9.17, 15) is 29.8 Å². The molecule has 0 spiro atoms. The van der Waals surface area contributed by atoms with Crippen molar-refractivity contribution in [2.45, 2.75) is 6.42 Å². The molecule has 0 unspecified atom stereocenters. The predicted octanol–water partition coefficient (Wildman–Crippen LogP) is 3.75. The van der Waals surface area contributed by atoms with Gasteiger partial charge in [0.05, 0.1) is 32.7 Å². The van der Waals surface area contributed by atoms with Crippen LogP contribution in [0.4, 0.5) is 17.1 Å². The van der Waals surface area contributed by atoms with Crippen LogP contribution in [-0.4, -0.2) is 35.3 Å². The number of nitrogens with one attached hydrogen (secondary N) is 1. The Morgan fingerprint density at radius 1 is 0.879 bits per heavy atom. The van der Waals surface area contributed by atoms with Crippen molar-refractivity contribution in [3.63, 3.8) is 0 Å². The number of nitro groups is 2. The van der Waals surface area contributed by atoms with Crippen molar-refractivity contribution >= 4 is 28.9 Å². The third-order valence-electron chi connectivity index (χ3n) is 4.93. The number of nitrogens with zero attached hydrogens (tertiary/aromatic N) is 3. The van der Waals surface area contributed by atoms with E-state index >= 15 is 0 Å². The Hall–Kier alpha value is -4.60. The molecule has 168 valence electrons. The Bertz CT molecular complexity index is 1180. The van der Waals surface area contributed by atoms with Gasteiger partial charge in [0, 0.05) is 25.7 Å². The van der Waals surface area contributed by atoms with Gasteiger partial charge in [0.2, 0.25) is 0 Å². The van der Waals surface area contributed by atoms with Crippen LogP contribution in [0.1, 0.15) is 26.3 Å². The molecule has 0 aliphatic rings. The zero-order chi connectivity index (χ0) is 24.0. The lowest BCUT2D eigenvalue weighted by molar-refractivity contribution is -0.394. The van der Waals surface area contributed by atoms with E-state index in [1.807, 2.05) is 30.3 Å². The largest absolute Gasteiger partial charge is 0.352 e. The third kappa shape index (κ3) is 5.56. The van der Waals surface area contributed by atoms with Crippen LogP contribution in [0.2, 0.25) is 0 Å². The molecule has 1 N–H and O–H groups in total. The number of hydrogen-bond acceptors (Lipinski definition) is 6. The van der Waals surface area contributed by atoms with Gasteiger partial charge in [0.25, 0.3) is 23.2 Å². The van der Waals surface area contributed by atoms with Gasteiger partial charge in [-0.1, -0.05) is 42.5 Å². The summed E-state index contributed by atoms with van der Waals surface area (Å²) in [5, 5.41) is 25.1. The standard InChI is InChI=1S/C23H20N4O6/c1-25(23(29)17-13-18(26(30)31)15-19(14-17)27(32)33)21-10-6-5-9-20(21)22(28)24-12-11-16-7-3-2-4-8-16/h2-10,13-15H,11-12H2,1H3,(H,24,28). The number of nitro benzene ring substituents is 2. The quantitative estimate of drug-likeness (QED) is 0.412. The molecule has 0 aliphatic carbocycles. The first-order valence-corrected chi connectivity index (χ1v) is 9.91. The highest BCUT2D eigenvalue weighted by atomic mass is 16.6. The first-order chi connectivity index (χ1) is 15.8. The third-order valence-corrected chi connectivity index (χ3v) is 4.93. The average molecular weight is 448 g/mol. The highest BCUT2D eigenvalue weighted by molar-refractivity contribution is 6.10. The Morgan fingerprint density at radius 2 is 1.45 bits per heavy atom. The van der Waals surface area contributed by atoms with Gasteiger partial charge in [-0.2, -0.15) is 0 Å². The predicted molar refractivity (Wildman–Crippen MR) is 121 cm³/mol. The maximum Gasteiger partial charge on any atom is 0.277 e. The van der Waals surface area contributed by atoms with E-state index in [0.717, 1.165) is 28.7 Å². The number of rotatable bonds is 8. The maximum atomic E-state index is 13.0. The topological polar surface area (TPSA) is 136 Å². The van der Waals surface area contributed by atoms with Crippen molar-refractivity contribution in [1.29, 1.82) is 0 Å². The molecule has 0 aliphatic heterocycles. The van der Waals surface area contributed by atoms with Crippen LogP contribution < -0.4 is 10.2 Å². The SMILES string of the molecule is CN(C(=O)c1cc([N+](=O)[O-])cc([N+](=O)[O-])c1)c1ccccc1C(=O)NCCc1ccccc1. The molecule has 0 atom stereocenters. The minimum absolute atomic E-state index is 0.223. The van der Waals surface area contributed by atoms with E-state index in [4.69, 9.17) is 0 Å². The minimum Gasteiger partial charge on any atom is -0.352 e. The molecular weight excluding hydrogens is 428 g/mol. The number of carbonyl (C=O) groups excluding carboxylic acids is 2. The first-order valence-electron chi connectivity index (χ1n) is 9.91. The van der Waals surface area contributed by atoms with Crippen LogP contribution in [0.15, 0.2) is 72.8 Å². The Labute approximate surface area is 188 Å². The summed E-state index contributed by atoms with van der Waals surface area (Å²) in [4.78, 5) is 47.6. The monoisotopic (exact) mass is 448 g/mol. The number of hydrogen-bond donors (Lipinski definition) is 1. The van der Waals surface area contributed by atoms with Crippen LogP contribution in [0.5, 0.6) is 0 Å². The number of amides is 2. The normalized spacial score (nSPS) is 10.3. The second-order valence-electron chi connectivity index (χ2n) is 7.13. The lowest BCUT2D eigenvalue weighted by atomic mass is 10.1. The van der Waals surface area contributed by atoms with Gasteiger partial charge in [-0.25, -0.2) is 0 Å². The average Bonchev–Trinajstić information content (AvgIpc) is 2.83. The van der Waals surface area contributed by atoms with Crippen LogP contribution in [-0.2, 0) is 6.42 Å². The summed E-state index contributed by atoms with van der Waals surface area (Å²) in [5.74, 6) is -1.13. The van der Waals surface area contributed by atoms with Gasteiger partial charge in [-0.15, -0.1) is 0 Å². The summed E-state index contributed by atoms with van der Waals surface area (Å²) in [7, 11) is 1.39. The van der Waals surface area contributed by atoms with Crippen molar-refractivity contribution in [2.75, 3.05) is 18.5 Å².